The predicted octanol–water partition coefficient (Wildman–Crippen LogP) is 1.78. The van der Waals surface area contributed by atoms with Gasteiger partial charge in [-0.15, -0.1) is 5.10 Å². The van der Waals surface area contributed by atoms with Crippen LogP contribution in [0.15, 0.2) is 54.6 Å². The predicted molar refractivity (Wildman–Crippen MR) is 95.8 cm³/mol. The lowest BCUT2D eigenvalue weighted by molar-refractivity contribution is -0.133. The molecule has 0 radical (unpaired) electrons. The molecular weight excluding hydrogens is 314 g/mol. The normalized spacial score (nSPS) is 15.6. The van der Waals surface area contributed by atoms with Crippen molar-refractivity contribution >= 4 is 16.9 Å². The Morgan fingerprint density at radius 2 is 1.64 bits per heavy atom. The monoisotopic (exact) mass is 335 g/mol. The zero-order chi connectivity index (χ0) is 17.1. The van der Waals surface area contributed by atoms with E-state index < -0.39 is 0 Å². The van der Waals surface area contributed by atoms with Crippen LogP contribution in [0, 0.1) is 0 Å². The van der Waals surface area contributed by atoms with Gasteiger partial charge in [-0.2, -0.15) is 0 Å². The van der Waals surface area contributed by atoms with Crippen molar-refractivity contribution in [2.45, 2.75) is 13.1 Å². The summed E-state index contributed by atoms with van der Waals surface area (Å²) in [6.07, 6.45) is 0. The molecule has 4 rings (SSSR count). The molecule has 2 aromatic carbocycles. The molecule has 2 heterocycles. The molecule has 1 fully saturated rings. The number of benzene rings is 2. The van der Waals surface area contributed by atoms with Crippen molar-refractivity contribution in [3.05, 3.63) is 60.2 Å². The van der Waals surface area contributed by atoms with Crippen molar-refractivity contribution in [3.63, 3.8) is 0 Å². The summed E-state index contributed by atoms with van der Waals surface area (Å²) in [6.45, 7) is 4.52. The third-order valence-corrected chi connectivity index (χ3v) is 4.68. The van der Waals surface area contributed by atoms with Crippen LogP contribution >= 0.6 is 0 Å². The minimum absolute atomic E-state index is 0.106. The highest BCUT2D eigenvalue weighted by atomic mass is 16.2. The van der Waals surface area contributed by atoms with E-state index in [2.05, 4.69) is 39.5 Å². The van der Waals surface area contributed by atoms with Gasteiger partial charge in [-0.3, -0.25) is 9.69 Å². The minimum Gasteiger partial charge on any atom is -0.339 e. The number of amides is 1. The van der Waals surface area contributed by atoms with E-state index in [0.717, 1.165) is 43.8 Å². The van der Waals surface area contributed by atoms with Gasteiger partial charge in [0.05, 0.1) is 5.52 Å². The number of hydrogen-bond acceptors (Lipinski definition) is 4. The Morgan fingerprint density at radius 3 is 2.44 bits per heavy atom. The van der Waals surface area contributed by atoms with Gasteiger partial charge in [0.15, 0.2) is 0 Å². The number of aromatic nitrogens is 3. The highest BCUT2D eigenvalue weighted by molar-refractivity contribution is 5.79. The van der Waals surface area contributed by atoms with Gasteiger partial charge in [-0.1, -0.05) is 47.7 Å². The first-order chi connectivity index (χ1) is 12.3. The zero-order valence-electron chi connectivity index (χ0n) is 14.1. The topological polar surface area (TPSA) is 54.3 Å². The molecule has 128 valence electrons. The van der Waals surface area contributed by atoms with Crippen LogP contribution in [0.3, 0.4) is 0 Å². The van der Waals surface area contributed by atoms with Gasteiger partial charge in [0.2, 0.25) is 5.91 Å². The molecule has 6 heteroatoms. The van der Waals surface area contributed by atoms with Crippen LogP contribution in [0.25, 0.3) is 11.0 Å². The zero-order valence-corrected chi connectivity index (χ0v) is 14.1. The van der Waals surface area contributed by atoms with Gasteiger partial charge >= 0.3 is 0 Å². The second-order valence-corrected chi connectivity index (χ2v) is 6.38. The molecule has 3 aromatic rings. The van der Waals surface area contributed by atoms with E-state index in [1.807, 2.05) is 35.2 Å². The van der Waals surface area contributed by atoms with Gasteiger partial charge in [0.1, 0.15) is 12.1 Å². The summed E-state index contributed by atoms with van der Waals surface area (Å²) in [5, 5.41) is 8.22. The molecule has 1 aliphatic rings. The molecule has 0 N–H and O–H groups in total. The second-order valence-electron chi connectivity index (χ2n) is 6.38. The van der Waals surface area contributed by atoms with E-state index in [-0.39, 0.29) is 12.5 Å². The van der Waals surface area contributed by atoms with Gasteiger partial charge in [0, 0.05) is 32.7 Å². The number of rotatable bonds is 4. The standard InChI is InChI=1S/C19H21N5O/c25-19(15-24-18-9-5-4-8-17(18)20-21-24)23-12-10-22(11-13-23)14-16-6-2-1-3-7-16/h1-9H,10-15H2. The highest BCUT2D eigenvalue weighted by Gasteiger charge is 2.22. The summed E-state index contributed by atoms with van der Waals surface area (Å²) in [7, 11) is 0. The quantitative estimate of drug-likeness (QED) is 0.729. The van der Waals surface area contributed by atoms with Crippen molar-refractivity contribution in [2.24, 2.45) is 0 Å². The van der Waals surface area contributed by atoms with E-state index in [1.165, 1.54) is 5.56 Å². The lowest BCUT2D eigenvalue weighted by Crippen LogP contribution is -2.49. The molecule has 6 nitrogen and oxygen atoms in total. The highest BCUT2D eigenvalue weighted by Crippen LogP contribution is 2.12. The van der Waals surface area contributed by atoms with E-state index >= 15 is 0 Å². The van der Waals surface area contributed by atoms with Gasteiger partial charge in [0.25, 0.3) is 0 Å². The number of fused-ring (bicyclic) bond motifs is 1. The first kappa shape index (κ1) is 15.8. The smallest absolute Gasteiger partial charge is 0.244 e. The average molecular weight is 335 g/mol. The first-order valence-corrected chi connectivity index (χ1v) is 8.62. The molecule has 1 amide bonds. The second kappa shape index (κ2) is 7.03. The van der Waals surface area contributed by atoms with Gasteiger partial charge in [-0.25, -0.2) is 4.68 Å². The number of nitrogens with zero attached hydrogens (tertiary/aromatic N) is 5. The summed E-state index contributed by atoms with van der Waals surface area (Å²) in [5.41, 5.74) is 3.04. The Bertz CT molecular complexity index is 852. The maximum absolute atomic E-state index is 12.6. The summed E-state index contributed by atoms with van der Waals surface area (Å²) >= 11 is 0. The lowest BCUT2D eigenvalue weighted by atomic mass is 10.2. The van der Waals surface area contributed by atoms with Crippen molar-refractivity contribution in [3.8, 4) is 0 Å². The van der Waals surface area contributed by atoms with E-state index in [9.17, 15) is 4.79 Å². The fraction of sp³-hybridized carbons (Fsp3) is 0.316. The Labute approximate surface area is 146 Å². The van der Waals surface area contributed by atoms with Crippen LogP contribution in [0.4, 0.5) is 0 Å². The van der Waals surface area contributed by atoms with E-state index in [0.29, 0.717) is 0 Å². The van der Waals surface area contributed by atoms with Crippen LogP contribution in [-0.2, 0) is 17.9 Å². The Hall–Kier alpha value is -2.73. The number of piperazine rings is 1. The minimum atomic E-state index is 0.106. The maximum atomic E-state index is 12.6. The van der Waals surface area contributed by atoms with E-state index in [1.54, 1.807) is 4.68 Å². The van der Waals surface area contributed by atoms with Crippen LogP contribution in [0.1, 0.15) is 5.56 Å². The molecule has 1 aliphatic heterocycles. The maximum Gasteiger partial charge on any atom is 0.244 e. The lowest BCUT2D eigenvalue weighted by Gasteiger charge is -2.34. The third kappa shape index (κ3) is 3.53. The average Bonchev–Trinajstić information content (AvgIpc) is 3.06. The number of carbonyl (C=O) groups is 1. The largest absolute Gasteiger partial charge is 0.339 e. The Kier molecular flexibility index (Phi) is 4.43. The summed E-state index contributed by atoms with van der Waals surface area (Å²) in [5.74, 6) is 0.106. The SMILES string of the molecule is O=C(Cn1nnc2ccccc21)N1CCN(Cc2ccccc2)CC1. The fourth-order valence-electron chi connectivity index (χ4n) is 3.26. The molecule has 0 aliphatic carbocycles. The van der Waals surface area contributed by atoms with Crippen molar-refractivity contribution in [2.75, 3.05) is 26.2 Å². The van der Waals surface area contributed by atoms with Crippen molar-refractivity contribution in [1.82, 2.24) is 24.8 Å². The summed E-state index contributed by atoms with van der Waals surface area (Å²) in [6, 6.07) is 18.2. The molecule has 0 saturated carbocycles. The van der Waals surface area contributed by atoms with Crippen LogP contribution in [0.2, 0.25) is 0 Å². The van der Waals surface area contributed by atoms with Crippen molar-refractivity contribution < 1.29 is 4.79 Å². The number of carbonyl (C=O) groups excluding carboxylic acids is 1. The Balaban J connectivity index is 1.33. The molecule has 25 heavy (non-hydrogen) atoms. The third-order valence-electron chi connectivity index (χ3n) is 4.68. The molecule has 0 bridgehead atoms. The van der Waals surface area contributed by atoms with Gasteiger partial charge in [-0.05, 0) is 17.7 Å². The molecule has 1 aromatic heterocycles. The van der Waals surface area contributed by atoms with Crippen LogP contribution < -0.4 is 0 Å². The van der Waals surface area contributed by atoms with Gasteiger partial charge < -0.3 is 4.90 Å². The molecular formula is C19H21N5O. The van der Waals surface area contributed by atoms with Crippen LogP contribution in [-0.4, -0.2) is 56.9 Å². The summed E-state index contributed by atoms with van der Waals surface area (Å²) in [4.78, 5) is 16.9. The summed E-state index contributed by atoms with van der Waals surface area (Å²) < 4.78 is 1.69. The number of para-hydroxylation sites is 1. The number of hydrogen-bond donors (Lipinski definition) is 0. The first-order valence-electron chi connectivity index (χ1n) is 8.62. The van der Waals surface area contributed by atoms with E-state index in [4.69, 9.17) is 0 Å². The molecule has 1 saturated heterocycles. The molecule has 0 unspecified atom stereocenters. The fourth-order valence-corrected chi connectivity index (χ4v) is 3.26. The van der Waals surface area contributed by atoms with Crippen molar-refractivity contribution in [1.29, 1.82) is 0 Å². The molecule has 0 spiro atoms. The molecule has 0 atom stereocenters. The Morgan fingerprint density at radius 1 is 0.920 bits per heavy atom. The van der Waals surface area contributed by atoms with Crippen LogP contribution in [0.5, 0.6) is 0 Å².